The molecule has 0 unspecified atom stereocenters. The average molecular weight is 343 g/mol. The van der Waals surface area contributed by atoms with Crippen LogP contribution in [0.25, 0.3) is 0 Å². The standard InChI is InChI=1S/C15H21NO6S/c1-10-5-7-15(8-6-10,14(18)19)16-13(17)12-4-3-11(22-12)9-23(2,20)21/h3-4,10H,5-9H2,1-2H3,(H,16,17)(H,18,19). The molecule has 1 aromatic heterocycles. The quantitative estimate of drug-likeness (QED) is 0.839. The van der Waals surface area contributed by atoms with E-state index in [4.69, 9.17) is 4.42 Å². The number of carbonyl (C=O) groups excluding carboxylic acids is 1. The van der Waals surface area contributed by atoms with Crippen LogP contribution in [0.1, 0.15) is 48.9 Å². The Morgan fingerprint density at radius 2 is 1.96 bits per heavy atom. The van der Waals surface area contributed by atoms with E-state index in [1.165, 1.54) is 12.1 Å². The Bertz CT molecular complexity index is 697. The molecule has 128 valence electrons. The lowest BCUT2D eigenvalue weighted by atomic mass is 9.77. The van der Waals surface area contributed by atoms with Crippen molar-refractivity contribution >= 4 is 21.7 Å². The smallest absolute Gasteiger partial charge is 0.329 e. The van der Waals surface area contributed by atoms with Crippen LogP contribution >= 0.6 is 0 Å². The molecule has 1 amide bonds. The Morgan fingerprint density at radius 3 is 2.48 bits per heavy atom. The van der Waals surface area contributed by atoms with Crippen molar-refractivity contribution in [3.8, 4) is 0 Å². The van der Waals surface area contributed by atoms with Crippen molar-refractivity contribution in [1.82, 2.24) is 5.32 Å². The third-order valence-corrected chi connectivity index (χ3v) is 4.99. The minimum absolute atomic E-state index is 0.0807. The predicted molar refractivity (Wildman–Crippen MR) is 82.7 cm³/mol. The largest absolute Gasteiger partial charge is 0.480 e. The zero-order chi connectivity index (χ0) is 17.3. The molecular formula is C15H21NO6S. The summed E-state index contributed by atoms with van der Waals surface area (Å²) in [5.41, 5.74) is -1.28. The monoisotopic (exact) mass is 343 g/mol. The maximum Gasteiger partial charge on any atom is 0.329 e. The second-order valence-electron chi connectivity index (χ2n) is 6.36. The minimum Gasteiger partial charge on any atom is -0.480 e. The molecule has 23 heavy (non-hydrogen) atoms. The number of carboxylic acids is 1. The van der Waals surface area contributed by atoms with Crippen LogP contribution in [0, 0.1) is 5.92 Å². The van der Waals surface area contributed by atoms with Gasteiger partial charge >= 0.3 is 5.97 Å². The van der Waals surface area contributed by atoms with Crippen LogP contribution in [0.15, 0.2) is 16.5 Å². The first kappa shape index (κ1) is 17.5. The fourth-order valence-corrected chi connectivity index (χ4v) is 3.43. The number of hydrogen-bond acceptors (Lipinski definition) is 5. The second kappa shape index (κ2) is 6.35. The van der Waals surface area contributed by atoms with Crippen molar-refractivity contribution in [2.75, 3.05) is 6.26 Å². The van der Waals surface area contributed by atoms with Crippen LogP contribution in [0.3, 0.4) is 0 Å². The zero-order valence-electron chi connectivity index (χ0n) is 13.2. The van der Waals surface area contributed by atoms with Crippen molar-refractivity contribution in [1.29, 1.82) is 0 Å². The molecule has 0 bridgehead atoms. The zero-order valence-corrected chi connectivity index (χ0v) is 14.0. The third kappa shape index (κ3) is 4.34. The number of amides is 1. The normalized spacial score (nSPS) is 25.0. The van der Waals surface area contributed by atoms with E-state index in [1.54, 1.807) is 0 Å². The number of rotatable bonds is 5. The molecule has 1 fully saturated rings. The maximum absolute atomic E-state index is 12.3. The van der Waals surface area contributed by atoms with E-state index in [1.807, 2.05) is 0 Å². The van der Waals surface area contributed by atoms with E-state index in [2.05, 4.69) is 12.2 Å². The van der Waals surface area contributed by atoms with Gasteiger partial charge in [0.25, 0.3) is 5.91 Å². The van der Waals surface area contributed by atoms with E-state index >= 15 is 0 Å². The van der Waals surface area contributed by atoms with Crippen LogP contribution in [0.5, 0.6) is 0 Å². The summed E-state index contributed by atoms with van der Waals surface area (Å²) in [6.45, 7) is 2.05. The highest BCUT2D eigenvalue weighted by Crippen LogP contribution is 2.32. The number of furan rings is 1. The predicted octanol–water partition coefficient (Wildman–Crippen LogP) is 1.59. The molecule has 1 aliphatic rings. The molecule has 0 atom stereocenters. The molecule has 0 spiro atoms. The van der Waals surface area contributed by atoms with Crippen LogP contribution in [-0.4, -0.2) is 37.2 Å². The Kier molecular flexibility index (Phi) is 4.84. The molecular weight excluding hydrogens is 322 g/mol. The number of sulfone groups is 1. The molecule has 0 aliphatic heterocycles. The first-order chi connectivity index (χ1) is 10.6. The van der Waals surface area contributed by atoms with Crippen LogP contribution in [0.2, 0.25) is 0 Å². The average Bonchev–Trinajstić information content (AvgIpc) is 2.87. The van der Waals surface area contributed by atoms with Gasteiger partial charge in [-0.15, -0.1) is 0 Å². The highest BCUT2D eigenvalue weighted by Gasteiger charge is 2.43. The van der Waals surface area contributed by atoms with Gasteiger partial charge in [0.2, 0.25) is 0 Å². The lowest BCUT2D eigenvalue weighted by Crippen LogP contribution is -2.56. The molecule has 0 aromatic carbocycles. The fraction of sp³-hybridized carbons (Fsp3) is 0.600. The van der Waals surface area contributed by atoms with Crippen molar-refractivity contribution in [3.05, 3.63) is 23.7 Å². The van der Waals surface area contributed by atoms with E-state index < -0.39 is 27.3 Å². The minimum atomic E-state index is -3.27. The number of carboxylic acid groups (broad SMARTS) is 1. The summed E-state index contributed by atoms with van der Waals surface area (Å²) in [5.74, 6) is -1.49. The first-order valence-corrected chi connectivity index (χ1v) is 9.50. The van der Waals surface area contributed by atoms with E-state index in [-0.39, 0.29) is 17.3 Å². The van der Waals surface area contributed by atoms with Crippen LogP contribution in [0.4, 0.5) is 0 Å². The summed E-state index contributed by atoms with van der Waals surface area (Å²) >= 11 is 0. The summed E-state index contributed by atoms with van der Waals surface area (Å²) < 4.78 is 27.7. The van der Waals surface area contributed by atoms with Gasteiger partial charge in [-0.05, 0) is 43.7 Å². The van der Waals surface area contributed by atoms with Gasteiger partial charge in [0.05, 0.1) is 0 Å². The van der Waals surface area contributed by atoms with Crippen LogP contribution < -0.4 is 5.32 Å². The Labute approximate surface area is 135 Å². The molecule has 1 saturated carbocycles. The van der Waals surface area contributed by atoms with Crippen molar-refractivity contribution in [2.24, 2.45) is 5.92 Å². The highest BCUT2D eigenvalue weighted by atomic mass is 32.2. The van der Waals surface area contributed by atoms with Gasteiger partial charge in [0.1, 0.15) is 17.1 Å². The second-order valence-corrected chi connectivity index (χ2v) is 8.50. The Balaban J connectivity index is 2.12. The molecule has 1 aliphatic carbocycles. The summed E-state index contributed by atoms with van der Waals surface area (Å²) in [6.07, 6.45) is 3.25. The van der Waals surface area contributed by atoms with Gasteiger partial charge in [0.15, 0.2) is 15.6 Å². The molecule has 7 nitrogen and oxygen atoms in total. The van der Waals surface area contributed by atoms with Crippen molar-refractivity contribution in [3.63, 3.8) is 0 Å². The summed E-state index contributed by atoms with van der Waals surface area (Å²) in [7, 11) is -3.27. The van der Waals surface area contributed by atoms with Gasteiger partial charge in [0, 0.05) is 6.26 Å². The van der Waals surface area contributed by atoms with Gasteiger partial charge in [-0.2, -0.15) is 0 Å². The maximum atomic E-state index is 12.3. The van der Waals surface area contributed by atoms with Gasteiger partial charge in [-0.25, -0.2) is 13.2 Å². The topological polar surface area (TPSA) is 114 Å². The lowest BCUT2D eigenvalue weighted by Gasteiger charge is -2.36. The Morgan fingerprint density at radius 1 is 1.35 bits per heavy atom. The SMILES string of the molecule is CC1CCC(NC(=O)c2ccc(CS(C)(=O)=O)o2)(C(=O)O)CC1. The number of hydrogen-bond donors (Lipinski definition) is 2. The number of carbonyl (C=O) groups is 2. The molecule has 0 radical (unpaired) electrons. The van der Waals surface area contributed by atoms with Crippen molar-refractivity contribution < 1.29 is 27.5 Å². The molecule has 1 aromatic rings. The van der Waals surface area contributed by atoms with E-state index in [0.717, 1.165) is 19.1 Å². The van der Waals surface area contributed by atoms with Gasteiger partial charge < -0.3 is 14.8 Å². The summed E-state index contributed by atoms with van der Waals surface area (Å²) in [5, 5.41) is 12.1. The van der Waals surface area contributed by atoms with Gasteiger partial charge in [-0.1, -0.05) is 6.92 Å². The highest BCUT2D eigenvalue weighted by molar-refractivity contribution is 7.89. The third-order valence-electron chi connectivity index (χ3n) is 4.18. The molecule has 2 rings (SSSR count). The first-order valence-electron chi connectivity index (χ1n) is 7.44. The number of nitrogens with one attached hydrogen (secondary N) is 1. The molecule has 8 heteroatoms. The molecule has 1 heterocycles. The number of aliphatic carboxylic acids is 1. The Hall–Kier alpha value is -1.83. The van der Waals surface area contributed by atoms with E-state index in [9.17, 15) is 23.1 Å². The summed E-state index contributed by atoms with van der Waals surface area (Å²) in [4.78, 5) is 23.9. The fourth-order valence-electron chi connectivity index (χ4n) is 2.76. The molecule has 2 N–H and O–H groups in total. The van der Waals surface area contributed by atoms with Crippen molar-refractivity contribution in [2.45, 2.75) is 43.9 Å². The lowest BCUT2D eigenvalue weighted by molar-refractivity contribution is -0.146. The van der Waals surface area contributed by atoms with E-state index in [0.29, 0.717) is 18.8 Å². The van der Waals surface area contributed by atoms with Gasteiger partial charge in [-0.3, -0.25) is 4.79 Å². The molecule has 0 saturated heterocycles. The summed E-state index contributed by atoms with van der Waals surface area (Å²) in [6, 6.07) is 2.77. The van der Waals surface area contributed by atoms with Crippen LogP contribution in [-0.2, 0) is 20.4 Å².